The second kappa shape index (κ2) is 4.21. The lowest BCUT2D eigenvalue weighted by atomic mass is 10.2. The zero-order valence-corrected chi connectivity index (χ0v) is 9.58. The van der Waals surface area contributed by atoms with Gasteiger partial charge in [0.05, 0.1) is 0 Å². The van der Waals surface area contributed by atoms with Crippen LogP contribution in [0.4, 0.5) is 5.82 Å². The molecule has 3 rings (SSSR count). The number of aromatic nitrogens is 3. The smallest absolute Gasteiger partial charge is 0.326 e. The van der Waals surface area contributed by atoms with Crippen molar-refractivity contribution in [2.45, 2.75) is 18.9 Å². The zero-order valence-electron chi connectivity index (χ0n) is 9.58. The summed E-state index contributed by atoms with van der Waals surface area (Å²) in [5, 5.41) is 12.1. The molecule has 1 atom stereocenters. The van der Waals surface area contributed by atoms with E-state index < -0.39 is 12.0 Å². The molecule has 2 aromatic heterocycles. The second-order valence-corrected chi connectivity index (χ2v) is 4.39. The summed E-state index contributed by atoms with van der Waals surface area (Å²) in [5.41, 5.74) is 1.21. The van der Waals surface area contributed by atoms with E-state index in [0.717, 1.165) is 12.8 Å². The van der Waals surface area contributed by atoms with Crippen LogP contribution in [0.5, 0.6) is 0 Å². The van der Waals surface area contributed by atoms with E-state index in [1.165, 1.54) is 0 Å². The van der Waals surface area contributed by atoms with Gasteiger partial charge in [-0.2, -0.15) is 0 Å². The summed E-state index contributed by atoms with van der Waals surface area (Å²) in [5.74, 6) is -0.0947. The molecule has 1 fully saturated rings. The molecule has 1 unspecified atom stereocenters. The summed E-state index contributed by atoms with van der Waals surface area (Å²) in [7, 11) is 0. The van der Waals surface area contributed by atoms with Crippen molar-refractivity contribution >= 4 is 23.0 Å². The summed E-state index contributed by atoms with van der Waals surface area (Å²) in [6.45, 7) is 0. The third kappa shape index (κ3) is 2.09. The number of aliphatic carboxylic acids is 1. The van der Waals surface area contributed by atoms with Crippen molar-refractivity contribution in [2.24, 2.45) is 5.92 Å². The molecule has 1 saturated carbocycles. The number of fused-ring (bicyclic) bond motifs is 1. The highest BCUT2D eigenvalue weighted by Gasteiger charge is 2.36. The van der Waals surface area contributed by atoms with E-state index in [0.29, 0.717) is 17.0 Å². The Morgan fingerprint density at radius 3 is 2.83 bits per heavy atom. The molecule has 0 aromatic carbocycles. The molecule has 2 heterocycles. The first-order chi connectivity index (χ1) is 8.74. The van der Waals surface area contributed by atoms with Crippen molar-refractivity contribution in [2.75, 3.05) is 5.32 Å². The minimum atomic E-state index is -0.835. The van der Waals surface area contributed by atoms with Gasteiger partial charge in [-0.3, -0.25) is 4.98 Å². The largest absolute Gasteiger partial charge is 0.480 e. The summed E-state index contributed by atoms with van der Waals surface area (Å²) >= 11 is 0. The van der Waals surface area contributed by atoms with E-state index in [1.807, 2.05) is 0 Å². The second-order valence-electron chi connectivity index (χ2n) is 4.39. The van der Waals surface area contributed by atoms with Gasteiger partial charge in [0, 0.05) is 12.4 Å². The number of hydrogen-bond donors (Lipinski definition) is 2. The molecule has 1 aliphatic carbocycles. The van der Waals surface area contributed by atoms with Gasteiger partial charge in [-0.15, -0.1) is 0 Å². The number of carboxylic acid groups (broad SMARTS) is 1. The van der Waals surface area contributed by atoms with Crippen LogP contribution < -0.4 is 5.32 Å². The standard InChI is InChI=1S/C12H12N4O2/c17-12(18)10(7-1-2-7)15-9-4-3-8-11(16-9)14-6-5-13-8/h3-7,10H,1-2H2,(H,17,18)(H,14,15,16). The average Bonchev–Trinajstić information content (AvgIpc) is 3.19. The van der Waals surface area contributed by atoms with Crippen molar-refractivity contribution in [1.29, 1.82) is 0 Å². The first-order valence-corrected chi connectivity index (χ1v) is 5.81. The number of hydrogen-bond acceptors (Lipinski definition) is 5. The molecule has 0 saturated heterocycles. The predicted octanol–water partition coefficient (Wildman–Crippen LogP) is 1.30. The number of rotatable bonds is 4. The Labute approximate surface area is 103 Å². The number of nitrogens with one attached hydrogen (secondary N) is 1. The summed E-state index contributed by atoms with van der Waals surface area (Å²) < 4.78 is 0. The fraction of sp³-hybridized carbons (Fsp3) is 0.333. The molecular weight excluding hydrogens is 232 g/mol. The molecule has 6 nitrogen and oxygen atoms in total. The average molecular weight is 244 g/mol. The van der Waals surface area contributed by atoms with E-state index in [2.05, 4.69) is 20.3 Å². The molecule has 0 spiro atoms. The fourth-order valence-electron chi connectivity index (χ4n) is 1.90. The lowest BCUT2D eigenvalue weighted by Gasteiger charge is -2.14. The molecular formula is C12H12N4O2. The minimum Gasteiger partial charge on any atom is -0.480 e. The van der Waals surface area contributed by atoms with Gasteiger partial charge in [0.2, 0.25) is 0 Å². The van der Waals surface area contributed by atoms with E-state index in [9.17, 15) is 4.79 Å². The molecule has 18 heavy (non-hydrogen) atoms. The van der Waals surface area contributed by atoms with Crippen molar-refractivity contribution < 1.29 is 9.90 Å². The Hall–Kier alpha value is -2.24. The summed E-state index contributed by atoms with van der Waals surface area (Å²) in [6.07, 6.45) is 5.07. The highest BCUT2D eigenvalue weighted by atomic mass is 16.4. The van der Waals surface area contributed by atoms with Crippen LogP contribution in [0.25, 0.3) is 11.2 Å². The quantitative estimate of drug-likeness (QED) is 0.842. The number of carbonyl (C=O) groups is 1. The van der Waals surface area contributed by atoms with Gasteiger partial charge in [-0.25, -0.2) is 14.8 Å². The Balaban J connectivity index is 1.87. The van der Waals surface area contributed by atoms with Gasteiger partial charge in [0.1, 0.15) is 17.4 Å². The monoisotopic (exact) mass is 244 g/mol. The maximum Gasteiger partial charge on any atom is 0.326 e. The Kier molecular flexibility index (Phi) is 2.55. The third-order valence-electron chi connectivity index (χ3n) is 2.99. The minimum absolute atomic E-state index is 0.210. The molecule has 0 bridgehead atoms. The summed E-state index contributed by atoms with van der Waals surface area (Å²) in [6, 6.07) is 2.95. The van der Waals surface area contributed by atoms with Crippen LogP contribution in [0, 0.1) is 5.92 Å². The predicted molar refractivity (Wildman–Crippen MR) is 65.1 cm³/mol. The highest BCUT2D eigenvalue weighted by molar-refractivity contribution is 5.79. The van der Waals surface area contributed by atoms with Gasteiger partial charge < -0.3 is 10.4 Å². The lowest BCUT2D eigenvalue weighted by molar-refractivity contribution is -0.138. The third-order valence-corrected chi connectivity index (χ3v) is 2.99. The fourth-order valence-corrected chi connectivity index (χ4v) is 1.90. The molecule has 92 valence electrons. The number of carboxylic acids is 1. The molecule has 0 aliphatic heterocycles. The van der Waals surface area contributed by atoms with Gasteiger partial charge >= 0.3 is 5.97 Å². The first kappa shape index (κ1) is 10.9. The highest BCUT2D eigenvalue weighted by Crippen LogP contribution is 2.34. The Bertz CT molecular complexity index is 597. The molecule has 0 radical (unpaired) electrons. The molecule has 0 amide bonds. The van der Waals surface area contributed by atoms with E-state index in [-0.39, 0.29) is 5.92 Å². The van der Waals surface area contributed by atoms with Crippen LogP contribution in [0.3, 0.4) is 0 Å². The topological polar surface area (TPSA) is 88.0 Å². The molecule has 2 N–H and O–H groups in total. The first-order valence-electron chi connectivity index (χ1n) is 5.81. The van der Waals surface area contributed by atoms with Crippen LogP contribution in [0.2, 0.25) is 0 Å². The Morgan fingerprint density at radius 2 is 2.11 bits per heavy atom. The lowest BCUT2D eigenvalue weighted by Crippen LogP contribution is -2.31. The van der Waals surface area contributed by atoms with Gasteiger partial charge in [-0.1, -0.05) is 0 Å². The Morgan fingerprint density at radius 1 is 1.33 bits per heavy atom. The van der Waals surface area contributed by atoms with Crippen molar-refractivity contribution in [3.05, 3.63) is 24.5 Å². The SMILES string of the molecule is O=C(O)C(Nc1ccc2nccnc2n1)C1CC1. The van der Waals surface area contributed by atoms with Crippen LogP contribution >= 0.6 is 0 Å². The summed E-state index contributed by atoms with van der Waals surface area (Å²) in [4.78, 5) is 23.6. The van der Waals surface area contributed by atoms with Crippen molar-refractivity contribution in [3.63, 3.8) is 0 Å². The van der Waals surface area contributed by atoms with Crippen LogP contribution in [0.15, 0.2) is 24.5 Å². The van der Waals surface area contributed by atoms with E-state index >= 15 is 0 Å². The number of pyridine rings is 1. The van der Waals surface area contributed by atoms with Crippen LogP contribution in [0.1, 0.15) is 12.8 Å². The van der Waals surface area contributed by atoms with Gasteiger partial charge in [0.25, 0.3) is 0 Å². The van der Waals surface area contributed by atoms with E-state index in [1.54, 1.807) is 24.5 Å². The van der Waals surface area contributed by atoms with Crippen LogP contribution in [-0.2, 0) is 4.79 Å². The number of nitrogens with zero attached hydrogens (tertiary/aromatic N) is 3. The van der Waals surface area contributed by atoms with Crippen LogP contribution in [-0.4, -0.2) is 32.1 Å². The van der Waals surface area contributed by atoms with Crippen molar-refractivity contribution in [1.82, 2.24) is 15.0 Å². The molecule has 6 heteroatoms. The maximum absolute atomic E-state index is 11.1. The molecule has 1 aliphatic rings. The zero-order chi connectivity index (χ0) is 12.5. The van der Waals surface area contributed by atoms with Gasteiger partial charge in [-0.05, 0) is 30.9 Å². The van der Waals surface area contributed by atoms with Crippen molar-refractivity contribution in [3.8, 4) is 0 Å². The number of anilines is 1. The molecule has 2 aromatic rings. The van der Waals surface area contributed by atoms with E-state index in [4.69, 9.17) is 5.11 Å². The normalized spacial score (nSPS) is 16.4. The maximum atomic E-state index is 11.1. The van der Waals surface area contributed by atoms with Gasteiger partial charge in [0.15, 0.2) is 5.65 Å².